The molecule has 3 rings (SSSR count). The van der Waals surface area contributed by atoms with Crippen molar-refractivity contribution in [1.29, 1.82) is 0 Å². The summed E-state index contributed by atoms with van der Waals surface area (Å²) in [5, 5.41) is 6.81. The lowest BCUT2D eigenvalue weighted by Crippen LogP contribution is -2.20. The fraction of sp³-hybridized carbons (Fsp3) is 0.192. The number of methoxy groups -OCH3 is 1. The smallest absolute Gasteiger partial charge is 0.262 e. The van der Waals surface area contributed by atoms with E-state index in [2.05, 4.69) is 15.8 Å². The number of nitrogens with one attached hydrogen (secondary N) is 2. The van der Waals surface area contributed by atoms with Crippen LogP contribution in [0, 0.1) is 13.8 Å². The highest BCUT2D eigenvalue weighted by molar-refractivity contribution is 5.92. The van der Waals surface area contributed by atoms with Crippen molar-refractivity contribution >= 4 is 23.7 Å². The van der Waals surface area contributed by atoms with Crippen molar-refractivity contribution in [3.63, 3.8) is 0 Å². The molecule has 7 nitrogen and oxygen atoms in total. The summed E-state index contributed by atoms with van der Waals surface area (Å²) >= 11 is 0. The Morgan fingerprint density at radius 1 is 0.909 bits per heavy atom. The summed E-state index contributed by atoms with van der Waals surface area (Å²) in [5.74, 6) is 0.401. The van der Waals surface area contributed by atoms with Crippen LogP contribution in [0.15, 0.2) is 71.8 Å². The molecule has 0 aromatic heterocycles. The first-order chi connectivity index (χ1) is 15.9. The second kappa shape index (κ2) is 11.5. The molecule has 0 bridgehead atoms. The molecule has 0 fully saturated rings. The van der Waals surface area contributed by atoms with Crippen molar-refractivity contribution in [1.82, 2.24) is 5.43 Å². The molecule has 0 aliphatic heterocycles. The highest BCUT2D eigenvalue weighted by Crippen LogP contribution is 2.27. The predicted molar refractivity (Wildman–Crippen MR) is 129 cm³/mol. The van der Waals surface area contributed by atoms with E-state index in [1.807, 2.05) is 62.4 Å². The van der Waals surface area contributed by atoms with E-state index in [0.29, 0.717) is 17.1 Å². The van der Waals surface area contributed by atoms with E-state index in [0.717, 1.165) is 22.4 Å². The molecule has 0 saturated carbocycles. The van der Waals surface area contributed by atoms with Gasteiger partial charge in [0.1, 0.15) is 0 Å². The number of hydrogen-bond donors (Lipinski definition) is 2. The van der Waals surface area contributed by atoms with Crippen LogP contribution in [0.4, 0.5) is 5.69 Å². The number of aryl methyl sites for hydroxylation is 2. The highest BCUT2D eigenvalue weighted by atomic mass is 16.5. The van der Waals surface area contributed by atoms with Crippen LogP contribution < -0.4 is 20.2 Å². The Labute approximate surface area is 193 Å². The minimum Gasteiger partial charge on any atom is -0.493 e. The number of ether oxygens (including phenoxy) is 2. The van der Waals surface area contributed by atoms with Gasteiger partial charge < -0.3 is 14.8 Å². The lowest BCUT2D eigenvalue weighted by atomic mass is 10.1. The Bertz CT molecular complexity index is 1140. The monoisotopic (exact) mass is 445 g/mol. The lowest BCUT2D eigenvalue weighted by molar-refractivity contribution is -0.120. The van der Waals surface area contributed by atoms with Gasteiger partial charge >= 0.3 is 0 Å². The molecule has 0 aliphatic rings. The van der Waals surface area contributed by atoms with E-state index >= 15 is 0 Å². The molecule has 7 heteroatoms. The quantitative estimate of drug-likeness (QED) is 0.385. The lowest BCUT2D eigenvalue weighted by Gasteiger charge is -2.12. The van der Waals surface area contributed by atoms with Crippen LogP contribution in [0.25, 0.3) is 0 Å². The molecular formula is C26H27N3O4. The van der Waals surface area contributed by atoms with Crippen molar-refractivity contribution in [3.8, 4) is 11.5 Å². The van der Waals surface area contributed by atoms with Crippen LogP contribution in [-0.2, 0) is 16.0 Å². The topological polar surface area (TPSA) is 89.0 Å². The average Bonchev–Trinajstić information content (AvgIpc) is 2.81. The molecule has 33 heavy (non-hydrogen) atoms. The number of anilines is 1. The molecule has 0 unspecified atom stereocenters. The Balaban J connectivity index is 1.53. The van der Waals surface area contributed by atoms with Gasteiger partial charge in [-0.25, -0.2) is 5.43 Å². The second-order valence-corrected chi connectivity index (χ2v) is 7.50. The van der Waals surface area contributed by atoms with E-state index in [4.69, 9.17) is 9.47 Å². The van der Waals surface area contributed by atoms with Gasteiger partial charge in [-0.2, -0.15) is 5.10 Å². The summed E-state index contributed by atoms with van der Waals surface area (Å²) in [6, 6.07) is 20.3. The molecule has 2 N–H and O–H groups in total. The summed E-state index contributed by atoms with van der Waals surface area (Å²) in [4.78, 5) is 24.2. The van der Waals surface area contributed by atoms with Crippen molar-refractivity contribution in [2.24, 2.45) is 5.10 Å². The maximum atomic E-state index is 12.2. The number of hydrogen-bond acceptors (Lipinski definition) is 5. The number of nitrogens with zero attached hydrogens (tertiary/aromatic N) is 1. The van der Waals surface area contributed by atoms with Gasteiger partial charge in [0, 0.05) is 5.69 Å². The summed E-state index contributed by atoms with van der Waals surface area (Å²) in [5.41, 5.74) is 7.11. The first kappa shape index (κ1) is 23.5. The number of amides is 2. The van der Waals surface area contributed by atoms with Gasteiger partial charge in [0.15, 0.2) is 18.1 Å². The SMILES string of the molecule is COc1cc(C=NNC(=O)Cc2ccccc2)ccc1OCC(=O)Nc1ccc(C)c(C)c1. The van der Waals surface area contributed by atoms with Crippen molar-refractivity contribution in [3.05, 3.63) is 89.0 Å². The number of hydrazone groups is 1. The number of rotatable bonds is 9. The van der Waals surface area contributed by atoms with Gasteiger partial charge in [-0.15, -0.1) is 0 Å². The molecule has 0 radical (unpaired) electrons. The highest BCUT2D eigenvalue weighted by Gasteiger charge is 2.09. The zero-order valence-electron chi connectivity index (χ0n) is 18.9. The molecule has 2 amide bonds. The first-order valence-corrected chi connectivity index (χ1v) is 10.5. The van der Waals surface area contributed by atoms with Crippen molar-refractivity contribution in [2.75, 3.05) is 19.0 Å². The molecule has 3 aromatic rings. The van der Waals surface area contributed by atoms with Gasteiger partial charge in [0.05, 0.1) is 19.7 Å². The molecular weight excluding hydrogens is 418 g/mol. The molecule has 3 aromatic carbocycles. The van der Waals surface area contributed by atoms with Crippen molar-refractivity contribution < 1.29 is 19.1 Å². The fourth-order valence-electron chi connectivity index (χ4n) is 3.04. The third kappa shape index (κ3) is 7.21. The normalized spacial score (nSPS) is 10.6. The summed E-state index contributed by atoms with van der Waals surface area (Å²) < 4.78 is 11.0. The third-order valence-electron chi connectivity index (χ3n) is 4.95. The molecule has 0 heterocycles. The number of carbonyl (C=O) groups is 2. The maximum Gasteiger partial charge on any atom is 0.262 e. The van der Waals surface area contributed by atoms with Gasteiger partial charge in [-0.3, -0.25) is 9.59 Å². The number of carbonyl (C=O) groups excluding carboxylic acids is 2. The Morgan fingerprint density at radius 2 is 1.70 bits per heavy atom. The molecule has 0 atom stereocenters. The Morgan fingerprint density at radius 3 is 2.42 bits per heavy atom. The maximum absolute atomic E-state index is 12.2. The van der Waals surface area contributed by atoms with E-state index in [-0.39, 0.29) is 24.8 Å². The largest absolute Gasteiger partial charge is 0.493 e. The van der Waals surface area contributed by atoms with Crippen LogP contribution in [0.3, 0.4) is 0 Å². The number of benzene rings is 3. The first-order valence-electron chi connectivity index (χ1n) is 10.5. The molecule has 0 spiro atoms. The minimum absolute atomic E-state index is 0.160. The Kier molecular flexibility index (Phi) is 8.18. The van der Waals surface area contributed by atoms with Crippen LogP contribution in [0.1, 0.15) is 22.3 Å². The second-order valence-electron chi connectivity index (χ2n) is 7.50. The minimum atomic E-state index is -0.271. The van der Waals surface area contributed by atoms with Gasteiger partial charge in [0.2, 0.25) is 5.91 Å². The van der Waals surface area contributed by atoms with Crippen LogP contribution in [-0.4, -0.2) is 31.7 Å². The van der Waals surface area contributed by atoms with Gasteiger partial charge in [-0.05, 0) is 66.4 Å². The standard InChI is InChI=1S/C26H27N3O4/c1-18-9-11-22(13-19(18)2)28-26(31)17-33-23-12-10-21(14-24(23)32-3)16-27-29-25(30)15-20-7-5-4-6-8-20/h4-14,16H,15,17H2,1-3H3,(H,28,31)(H,29,30). The zero-order valence-corrected chi connectivity index (χ0v) is 18.9. The molecule has 170 valence electrons. The third-order valence-corrected chi connectivity index (χ3v) is 4.95. The van der Waals surface area contributed by atoms with Gasteiger partial charge in [0.25, 0.3) is 5.91 Å². The zero-order chi connectivity index (χ0) is 23.6. The average molecular weight is 446 g/mol. The van der Waals surface area contributed by atoms with Crippen LogP contribution in [0.2, 0.25) is 0 Å². The predicted octanol–water partition coefficient (Wildman–Crippen LogP) is 4.02. The van der Waals surface area contributed by atoms with Crippen LogP contribution in [0.5, 0.6) is 11.5 Å². The van der Waals surface area contributed by atoms with E-state index < -0.39 is 0 Å². The summed E-state index contributed by atoms with van der Waals surface area (Å²) in [6.07, 6.45) is 1.76. The van der Waals surface area contributed by atoms with E-state index in [9.17, 15) is 9.59 Å². The van der Waals surface area contributed by atoms with E-state index in [1.165, 1.54) is 13.3 Å². The fourth-order valence-corrected chi connectivity index (χ4v) is 3.04. The van der Waals surface area contributed by atoms with Gasteiger partial charge in [-0.1, -0.05) is 36.4 Å². The van der Waals surface area contributed by atoms with Crippen molar-refractivity contribution in [2.45, 2.75) is 20.3 Å². The molecule has 0 saturated heterocycles. The molecule has 0 aliphatic carbocycles. The Hall–Kier alpha value is -4.13. The summed E-state index contributed by atoms with van der Waals surface area (Å²) in [7, 11) is 1.51. The summed E-state index contributed by atoms with van der Waals surface area (Å²) in [6.45, 7) is 3.85. The van der Waals surface area contributed by atoms with Crippen LogP contribution >= 0.6 is 0 Å². The van der Waals surface area contributed by atoms with E-state index in [1.54, 1.807) is 18.2 Å².